The summed E-state index contributed by atoms with van der Waals surface area (Å²) in [6, 6.07) is 0.836. The fourth-order valence-electron chi connectivity index (χ4n) is 1.80. The molecule has 1 aliphatic heterocycles. The minimum Gasteiger partial charge on any atom is -0.313 e. The van der Waals surface area contributed by atoms with Gasteiger partial charge in [-0.05, 0) is 37.5 Å². The van der Waals surface area contributed by atoms with E-state index in [0.717, 1.165) is 12.0 Å². The fraction of sp³-hybridized carbons (Fsp3) is 1.00. The van der Waals surface area contributed by atoms with Crippen molar-refractivity contribution in [2.45, 2.75) is 38.1 Å². The van der Waals surface area contributed by atoms with Crippen LogP contribution in [0.4, 0.5) is 0 Å². The highest BCUT2D eigenvalue weighted by Gasteiger charge is 2.21. The molecule has 0 spiro atoms. The van der Waals surface area contributed by atoms with Crippen LogP contribution in [0.5, 0.6) is 0 Å². The van der Waals surface area contributed by atoms with Crippen molar-refractivity contribution in [1.82, 2.24) is 5.32 Å². The second kappa shape index (κ2) is 4.52. The van der Waals surface area contributed by atoms with Gasteiger partial charge in [0.15, 0.2) is 0 Å². The van der Waals surface area contributed by atoms with E-state index in [1.54, 1.807) is 0 Å². The first kappa shape index (κ1) is 8.89. The number of hydrogen-bond acceptors (Lipinski definition) is 2. The zero-order valence-corrected chi connectivity index (χ0v) is 8.54. The van der Waals surface area contributed by atoms with Gasteiger partial charge in [0.2, 0.25) is 0 Å². The Bertz CT molecular complexity index is 128. The van der Waals surface area contributed by atoms with Crippen molar-refractivity contribution < 1.29 is 0 Å². The third kappa shape index (κ3) is 2.98. The first-order valence-corrected chi connectivity index (χ1v) is 6.42. The fourth-order valence-corrected chi connectivity index (χ4v) is 2.91. The molecule has 0 aromatic rings. The van der Waals surface area contributed by atoms with Crippen LogP contribution in [0.2, 0.25) is 0 Å². The third-order valence-electron chi connectivity index (χ3n) is 2.84. The van der Waals surface area contributed by atoms with Crippen LogP contribution in [0.25, 0.3) is 0 Å². The molecule has 70 valence electrons. The van der Waals surface area contributed by atoms with Gasteiger partial charge in [0.05, 0.1) is 0 Å². The molecule has 0 radical (unpaired) electrons. The largest absolute Gasteiger partial charge is 0.313 e. The average Bonchev–Trinajstić information content (AvgIpc) is 2.90. The van der Waals surface area contributed by atoms with Gasteiger partial charge in [-0.2, -0.15) is 11.8 Å². The van der Waals surface area contributed by atoms with Crippen LogP contribution in [-0.4, -0.2) is 24.1 Å². The third-order valence-corrected chi connectivity index (χ3v) is 4.06. The Hall–Kier alpha value is 0.310. The maximum Gasteiger partial charge on any atom is 0.0158 e. The molecular formula is C10H19NS. The van der Waals surface area contributed by atoms with Crippen LogP contribution in [0.3, 0.4) is 0 Å². The molecule has 1 unspecified atom stereocenters. The van der Waals surface area contributed by atoms with Crippen molar-refractivity contribution in [2.24, 2.45) is 5.92 Å². The van der Waals surface area contributed by atoms with E-state index in [-0.39, 0.29) is 0 Å². The summed E-state index contributed by atoms with van der Waals surface area (Å²) in [6.07, 6.45) is 7.27. The van der Waals surface area contributed by atoms with Crippen LogP contribution >= 0.6 is 11.8 Å². The Morgan fingerprint density at radius 1 is 1.25 bits per heavy atom. The summed E-state index contributed by atoms with van der Waals surface area (Å²) in [7, 11) is 0. The number of thioether (sulfide) groups is 1. The van der Waals surface area contributed by atoms with Crippen molar-refractivity contribution in [1.29, 1.82) is 0 Å². The van der Waals surface area contributed by atoms with Crippen LogP contribution in [-0.2, 0) is 0 Å². The summed E-state index contributed by atoms with van der Waals surface area (Å²) in [5.74, 6) is 3.83. The number of nitrogens with one attached hydrogen (secondary N) is 1. The SMILES string of the molecule is C1CSCC(NCCC2CC2)C1. The van der Waals surface area contributed by atoms with Gasteiger partial charge in [0.1, 0.15) is 0 Å². The lowest BCUT2D eigenvalue weighted by Gasteiger charge is -2.22. The second-order valence-corrected chi connectivity index (χ2v) is 5.25. The average molecular weight is 185 g/mol. The molecular weight excluding hydrogens is 166 g/mol. The standard InChI is InChI=1S/C10H19NS/c1-2-10(8-12-7-1)11-6-5-9-3-4-9/h9-11H,1-8H2. The highest BCUT2D eigenvalue weighted by atomic mass is 32.2. The molecule has 1 saturated heterocycles. The molecule has 2 rings (SSSR count). The molecule has 0 amide bonds. The van der Waals surface area contributed by atoms with E-state index in [1.165, 1.54) is 50.2 Å². The lowest BCUT2D eigenvalue weighted by molar-refractivity contribution is 0.490. The van der Waals surface area contributed by atoms with Gasteiger partial charge in [-0.1, -0.05) is 12.8 Å². The van der Waals surface area contributed by atoms with E-state index >= 15 is 0 Å². The van der Waals surface area contributed by atoms with Crippen molar-refractivity contribution >= 4 is 11.8 Å². The van der Waals surface area contributed by atoms with Crippen LogP contribution in [0, 0.1) is 5.92 Å². The molecule has 1 aliphatic carbocycles. The van der Waals surface area contributed by atoms with E-state index in [2.05, 4.69) is 17.1 Å². The number of hydrogen-bond donors (Lipinski definition) is 1. The van der Waals surface area contributed by atoms with Gasteiger partial charge < -0.3 is 5.32 Å². The number of rotatable bonds is 4. The maximum atomic E-state index is 3.67. The van der Waals surface area contributed by atoms with Crippen molar-refractivity contribution in [3.8, 4) is 0 Å². The highest BCUT2D eigenvalue weighted by molar-refractivity contribution is 7.99. The molecule has 0 bridgehead atoms. The van der Waals surface area contributed by atoms with Gasteiger partial charge in [-0.3, -0.25) is 0 Å². The zero-order valence-electron chi connectivity index (χ0n) is 7.72. The van der Waals surface area contributed by atoms with E-state index in [0.29, 0.717) is 0 Å². The molecule has 1 saturated carbocycles. The monoisotopic (exact) mass is 185 g/mol. The Labute approximate surface area is 79.7 Å². The molecule has 1 atom stereocenters. The Kier molecular flexibility index (Phi) is 3.35. The molecule has 2 heteroatoms. The summed E-state index contributed by atoms with van der Waals surface area (Å²) in [6.45, 7) is 1.27. The van der Waals surface area contributed by atoms with Gasteiger partial charge >= 0.3 is 0 Å². The van der Waals surface area contributed by atoms with Gasteiger partial charge in [-0.25, -0.2) is 0 Å². The molecule has 0 aromatic heterocycles. The van der Waals surface area contributed by atoms with Crippen LogP contribution < -0.4 is 5.32 Å². The predicted octanol–water partition coefficient (Wildman–Crippen LogP) is 2.27. The molecule has 1 nitrogen and oxygen atoms in total. The first-order chi connectivity index (χ1) is 5.95. The minimum absolute atomic E-state index is 0.836. The van der Waals surface area contributed by atoms with E-state index < -0.39 is 0 Å². The van der Waals surface area contributed by atoms with Crippen molar-refractivity contribution in [2.75, 3.05) is 18.1 Å². The van der Waals surface area contributed by atoms with Crippen LogP contribution in [0.15, 0.2) is 0 Å². The maximum absolute atomic E-state index is 3.67. The smallest absolute Gasteiger partial charge is 0.0158 e. The molecule has 12 heavy (non-hydrogen) atoms. The normalized spacial score (nSPS) is 30.5. The molecule has 0 aromatic carbocycles. The Balaban J connectivity index is 1.52. The lowest BCUT2D eigenvalue weighted by Crippen LogP contribution is -2.34. The predicted molar refractivity (Wildman–Crippen MR) is 55.7 cm³/mol. The Morgan fingerprint density at radius 3 is 2.83 bits per heavy atom. The molecule has 2 aliphatic rings. The van der Waals surface area contributed by atoms with Gasteiger partial charge in [-0.15, -0.1) is 0 Å². The van der Waals surface area contributed by atoms with E-state index in [1.807, 2.05) is 0 Å². The lowest BCUT2D eigenvalue weighted by atomic mass is 10.2. The van der Waals surface area contributed by atoms with Gasteiger partial charge in [0.25, 0.3) is 0 Å². The second-order valence-electron chi connectivity index (χ2n) is 4.10. The zero-order chi connectivity index (χ0) is 8.23. The quantitative estimate of drug-likeness (QED) is 0.721. The topological polar surface area (TPSA) is 12.0 Å². The van der Waals surface area contributed by atoms with E-state index in [4.69, 9.17) is 0 Å². The molecule has 1 heterocycles. The summed E-state index contributed by atoms with van der Waals surface area (Å²) >= 11 is 2.11. The van der Waals surface area contributed by atoms with Crippen molar-refractivity contribution in [3.63, 3.8) is 0 Å². The van der Waals surface area contributed by atoms with Gasteiger partial charge in [0, 0.05) is 11.8 Å². The van der Waals surface area contributed by atoms with Crippen LogP contribution in [0.1, 0.15) is 32.1 Å². The summed E-state index contributed by atoms with van der Waals surface area (Å²) < 4.78 is 0. The Morgan fingerprint density at radius 2 is 2.17 bits per heavy atom. The summed E-state index contributed by atoms with van der Waals surface area (Å²) in [5.41, 5.74) is 0. The highest BCUT2D eigenvalue weighted by Crippen LogP contribution is 2.31. The van der Waals surface area contributed by atoms with E-state index in [9.17, 15) is 0 Å². The summed E-state index contributed by atoms with van der Waals surface area (Å²) in [4.78, 5) is 0. The molecule has 1 N–H and O–H groups in total. The molecule has 2 fully saturated rings. The summed E-state index contributed by atoms with van der Waals surface area (Å²) in [5, 5.41) is 3.67. The minimum atomic E-state index is 0.836. The first-order valence-electron chi connectivity index (χ1n) is 5.26. The van der Waals surface area contributed by atoms with Crippen molar-refractivity contribution in [3.05, 3.63) is 0 Å².